The van der Waals surface area contributed by atoms with Crippen LogP contribution in [-0.2, 0) is 6.42 Å². The van der Waals surface area contributed by atoms with Gasteiger partial charge in [-0.3, -0.25) is 4.90 Å². The molecule has 1 saturated heterocycles. The minimum Gasteiger partial charge on any atom is -0.290 e. The molecule has 32 heavy (non-hydrogen) atoms. The smallest absolute Gasteiger partial charge is 0.173 e. The van der Waals surface area contributed by atoms with E-state index in [4.69, 9.17) is 0 Å². The zero-order valence-corrected chi connectivity index (χ0v) is 18.5. The lowest BCUT2D eigenvalue weighted by atomic mass is 9.88. The third-order valence-electron chi connectivity index (χ3n) is 7.17. The number of rotatable bonds is 6. The highest BCUT2D eigenvalue weighted by molar-refractivity contribution is 5.35. The SMILES string of the molecule is N#Cc1ccc([C@@H](c2nnnn2C2CCCC2)N2CCC(Cc3ccccc3)CC2)cc1. The zero-order chi connectivity index (χ0) is 21.8. The summed E-state index contributed by atoms with van der Waals surface area (Å²) in [5.74, 6) is 1.66. The van der Waals surface area contributed by atoms with Gasteiger partial charge >= 0.3 is 0 Å². The first-order valence-corrected chi connectivity index (χ1v) is 11.9. The van der Waals surface area contributed by atoms with Crippen molar-refractivity contribution in [2.75, 3.05) is 13.1 Å². The first-order chi connectivity index (χ1) is 15.8. The van der Waals surface area contributed by atoms with E-state index in [9.17, 15) is 5.26 Å². The molecule has 1 aliphatic heterocycles. The summed E-state index contributed by atoms with van der Waals surface area (Å²) in [6.45, 7) is 2.05. The van der Waals surface area contributed by atoms with E-state index in [0.29, 0.717) is 17.5 Å². The molecule has 0 bridgehead atoms. The molecular weight excluding hydrogens is 396 g/mol. The monoisotopic (exact) mass is 426 g/mol. The summed E-state index contributed by atoms with van der Waals surface area (Å²) in [7, 11) is 0. The number of nitrogens with zero attached hydrogens (tertiary/aromatic N) is 6. The fourth-order valence-corrected chi connectivity index (χ4v) is 5.42. The molecule has 1 saturated carbocycles. The fourth-order valence-electron chi connectivity index (χ4n) is 5.42. The van der Waals surface area contributed by atoms with E-state index in [2.05, 4.69) is 73.6 Å². The van der Waals surface area contributed by atoms with Crippen molar-refractivity contribution < 1.29 is 0 Å². The van der Waals surface area contributed by atoms with Gasteiger partial charge < -0.3 is 0 Å². The van der Waals surface area contributed by atoms with Gasteiger partial charge in [0, 0.05) is 0 Å². The van der Waals surface area contributed by atoms with Gasteiger partial charge in [0.2, 0.25) is 0 Å². The van der Waals surface area contributed by atoms with Crippen LogP contribution in [0.4, 0.5) is 0 Å². The maximum atomic E-state index is 9.24. The van der Waals surface area contributed by atoms with Gasteiger partial charge in [0.05, 0.1) is 23.7 Å². The van der Waals surface area contributed by atoms with Gasteiger partial charge in [-0.2, -0.15) is 5.26 Å². The Kier molecular flexibility index (Phi) is 6.27. The largest absolute Gasteiger partial charge is 0.290 e. The molecule has 2 aliphatic rings. The number of aromatic nitrogens is 4. The van der Waals surface area contributed by atoms with Crippen LogP contribution >= 0.6 is 0 Å². The van der Waals surface area contributed by atoms with Crippen molar-refractivity contribution in [1.29, 1.82) is 5.26 Å². The Morgan fingerprint density at radius 2 is 1.66 bits per heavy atom. The second kappa shape index (κ2) is 9.62. The average molecular weight is 427 g/mol. The summed E-state index contributed by atoms with van der Waals surface area (Å²) in [5.41, 5.74) is 3.28. The molecule has 0 amide bonds. The van der Waals surface area contributed by atoms with Crippen LogP contribution in [0.5, 0.6) is 0 Å². The molecular formula is C26H30N6. The maximum absolute atomic E-state index is 9.24. The minimum atomic E-state index is 0.0241. The Morgan fingerprint density at radius 3 is 2.34 bits per heavy atom. The maximum Gasteiger partial charge on any atom is 0.173 e. The Labute approximate surface area is 189 Å². The molecule has 1 atom stereocenters. The Hall–Kier alpha value is -3.04. The molecule has 6 heteroatoms. The van der Waals surface area contributed by atoms with Crippen molar-refractivity contribution in [3.63, 3.8) is 0 Å². The van der Waals surface area contributed by atoms with Crippen LogP contribution in [0.15, 0.2) is 54.6 Å². The number of hydrogen-bond donors (Lipinski definition) is 0. The van der Waals surface area contributed by atoms with Crippen LogP contribution in [0.25, 0.3) is 0 Å². The van der Waals surface area contributed by atoms with E-state index in [0.717, 1.165) is 38.2 Å². The highest BCUT2D eigenvalue weighted by Crippen LogP contribution is 2.36. The molecule has 5 rings (SSSR count). The van der Waals surface area contributed by atoms with Crippen molar-refractivity contribution in [3.05, 3.63) is 77.1 Å². The van der Waals surface area contributed by atoms with Crippen LogP contribution in [0.3, 0.4) is 0 Å². The molecule has 0 spiro atoms. The number of hydrogen-bond acceptors (Lipinski definition) is 5. The number of nitriles is 1. The summed E-state index contributed by atoms with van der Waals surface area (Å²) in [6.07, 6.45) is 8.29. The summed E-state index contributed by atoms with van der Waals surface area (Å²) in [6, 6.07) is 21.5. The van der Waals surface area contributed by atoms with Gasteiger partial charge in [-0.15, -0.1) is 5.10 Å². The summed E-state index contributed by atoms with van der Waals surface area (Å²) in [5, 5.41) is 22.3. The quantitative estimate of drug-likeness (QED) is 0.571. The summed E-state index contributed by atoms with van der Waals surface area (Å²) < 4.78 is 2.09. The number of benzene rings is 2. The first-order valence-electron chi connectivity index (χ1n) is 11.9. The first kappa shape index (κ1) is 20.8. The predicted octanol–water partition coefficient (Wildman–Crippen LogP) is 4.70. The van der Waals surface area contributed by atoms with E-state index >= 15 is 0 Å². The molecule has 2 aromatic carbocycles. The van der Waals surface area contributed by atoms with E-state index in [1.54, 1.807) is 0 Å². The van der Waals surface area contributed by atoms with Gasteiger partial charge in [-0.1, -0.05) is 55.3 Å². The molecule has 6 nitrogen and oxygen atoms in total. The highest BCUT2D eigenvalue weighted by atomic mass is 15.6. The minimum absolute atomic E-state index is 0.0241. The van der Waals surface area contributed by atoms with Crippen LogP contribution < -0.4 is 0 Å². The third kappa shape index (κ3) is 4.44. The lowest BCUT2D eigenvalue weighted by molar-refractivity contribution is 0.142. The third-order valence-corrected chi connectivity index (χ3v) is 7.17. The topological polar surface area (TPSA) is 70.6 Å². The van der Waals surface area contributed by atoms with Crippen LogP contribution in [0.1, 0.15) is 73.1 Å². The molecule has 0 unspecified atom stereocenters. The van der Waals surface area contributed by atoms with Crippen molar-refractivity contribution in [1.82, 2.24) is 25.1 Å². The second-order valence-corrected chi connectivity index (χ2v) is 9.23. The molecule has 1 aromatic heterocycles. The average Bonchev–Trinajstić information content (AvgIpc) is 3.54. The van der Waals surface area contributed by atoms with Gasteiger partial charge in [-0.05, 0) is 84.8 Å². The van der Waals surface area contributed by atoms with Crippen molar-refractivity contribution in [2.45, 2.75) is 57.0 Å². The Balaban J connectivity index is 1.38. The summed E-state index contributed by atoms with van der Waals surface area (Å²) in [4.78, 5) is 2.54. The fraction of sp³-hybridized carbons (Fsp3) is 0.462. The highest BCUT2D eigenvalue weighted by Gasteiger charge is 2.33. The van der Waals surface area contributed by atoms with E-state index < -0.39 is 0 Å². The predicted molar refractivity (Wildman–Crippen MR) is 123 cm³/mol. The molecule has 3 aromatic rings. The lowest BCUT2D eigenvalue weighted by Crippen LogP contribution is -2.39. The van der Waals surface area contributed by atoms with Crippen molar-refractivity contribution >= 4 is 0 Å². The molecule has 0 N–H and O–H groups in total. The van der Waals surface area contributed by atoms with Crippen LogP contribution in [0, 0.1) is 17.2 Å². The summed E-state index contributed by atoms with van der Waals surface area (Å²) >= 11 is 0. The van der Waals surface area contributed by atoms with Crippen molar-refractivity contribution in [3.8, 4) is 6.07 Å². The van der Waals surface area contributed by atoms with E-state index in [1.807, 2.05) is 12.1 Å². The molecule has 2 heterocycles. The number of tetrazole rings is 1. The normalized spacial score (nSPS) is 19.1. The second-order valence-electron chi connectivity index (χ2n) is 9.23. The Bertz CT molecular complexity index is 1040. The van der Waals surface area contributed by atoms with Crippen LogP contribution in [-0.4, -0.2) is 38.2 Å². The van der Waals surface area contributed by atoms with Gasteiger partial charge in [0.25, 0.3) is 0 Å². The van der Waals surface area contributed by atoms with E-state index in [-0.39, 0.29) is 6.04 Å². The zero-order valence-electron chi connectivity index (χ0n) is 18.5. The molecule has 1 aliphatic carbocycles. The number of piperidine rings is 1. The Morgan fingerprint density at radius 1 is 0.938 bits per heavy atom. The van der Waals surface area contributed by atoms with Gasteiger partial charge in [0.1, 0.15) is 0 Å². The lowest BCUT2D eigenvalue weighted by Gasteiger charge is -2.37. The molecule has 0 radical (unpaired) electrons. The van der Waals surface area contributed by atoms with Gasteiger partial charge in [0.15, 0.2) is 5.82 Å². The van der Waals surface area contributed by atoms with Gasteiger partial charge in [-0.25, -0.2) is 4.68 Å². The molecule has 164 valence electrons. The van der Waals surface area contributed by atoms with E-state index in [1.165, 1.54) is 36.8 Å². The number of likely N-dealkylation sites (tertiary alicyclic amines) is 1. The van der Waals surface area contributed by atoms with Crippen molar-refractivity contribution in [2.24, 2.45) is 5.92 Å². The standard InChI is InChI=1S/C26H30N6/c27-19-22-10-12-23(13-11-22)25(26-28-29-30-32(26)24-8-4-5-9-24)31-16-14-21(15-17-31)18-20-6-2-1-3-7-20/h1-3,6-7,10-13,21,24-25H,4-5,8-9,14-18H2/t25-/m0/s1. The molecule has 2 fully saturated rings. The van der Waals surface area contributed by atoms with Crippen LogP contribution in [0.2, 0.25) is 0 Å².